The van der Waals surface area contributed by atoms with Gasteiger partial charge >= 0.3 is 0 Å². The summed E-state index contributed by atoms with van der Waals surface area (Å²) in [6, 6.07) is 7.79. The van der Waals surface area contributed by atoms with Gasteiger partial charge < -0.3 is 11.5 Å². The van der Waals surface area contributed by atoms with Gasteiger partial charge in [0, 0.05) is 15.7 Å². The van der Waals surface area contributed by atoms with Gasteiger partial charge in [0.05, 0.1) is 6.61 Å². The van der Waals surface area contributed by atoms with Gasteiger partial charge in [0.1, 0.15) is 0 Å². The normalized spacial score (nSPS) is 16.4. The van der Waals surface area contributed by atoms with Crippen molar-refractivity contribution in [3.63, 3.8) is 0 Å². The molecule has 0 radical (unpaired) electrons. The Bertz CT molecular complexity index is 596. The third-order valence-electron chi connectivity index (χ3n) is 2.90. The van der Waals surface area contributed by atoms with Crippen molar-refractivity contribution in [2.75, 3.05) is 12.4 Å². The third kappa shape index (κ3) is 5.87. The molecule has 4 N–H and O–H groups in total. The fraction of sp³-hybridized carbons (Fsp3) is 0.429. The Hall–Kier alpha value is -0.960. The van der Waals surface area contributed by atoms with Crippen molar-refractivity contribution < 1.29 is 4.84 Å². The summed E-state index contributed by atoms with van der Waals surface area (Å²) in [7, 11) is 0. The maximum Gasteiger partial charge on any atom is 0.226 e. The Morgan fingerprint density at radius 1 is 1.35 bits per heavy atom. The molecule has 23 heavy (non-hydrogen) atoms. The molecule has 0 aliphatic carbocycles. The van der Waals surface area contributed by atoms with Crippen LogP contribution in [0.15, 0.2) is 39.1 Å². The maximum absolute atomic E-state index is 5.95. The topological polar surface area (TPSA) is 89.2 Å². The van der Waals surface area contributed by atoms with E-state index in [9.17, 15) is 0 Å². The molecule has 0 fully saturated rings. The van der Waals surface area contributed by atoms with Crippen LogP contribution in [0, 0.1) is 0 Å². The van der Waals surface area contributed by atoms with Crippen molar-refractivity contribution in [1.29, 1.82) is 0 Å². The largest absolute Gasteiger partial charge is 0.368 e. The summed E-state index contributed by atoms with van der Waals surface area (Å²) in [5, 5.41) is 2.24. The van der Waals surface area contributed by atoms with Crippen LogP contribution in [0.2, 0.25) is 5.02 Å². The van der Waals surface area contributed by atoms with Crippen LogP contribution in [0.25, 0.3) is 0 Å². The number of nitrogens with zero attached hydrogens (tertiary/aromatic N) is 3. The van der Waals surface area contributed by atoms with E-state index >= 15 is 0 Å². The van der Waals surface area contributed by atoms with Crippen LogP contribution in [-0.4, -0.2) is 35.0 Å². The standard InChI is InChI=1S/C14H20ClN5OS.BrH/c1-14(2)19-12(16)18-13(17)20(14)21-7-4-8-22-11-6-3-5-10(15)9-11;/h3,5-6,9H,4,7-8H2,1-2H3,(H4,16,17,18,19);1H. The highest BCUT2D eigenvalue weighted by atomic mass is 79.9. The summed E-state index contributed by atoms with van der Waals surface area (Å²) in [6.07, 6.45) is 0.857. The van der Waals surface area contributed by atoms with E-state index in [1.807, 2.05) is 38.1 Å². The van der Waals surface area contributed by atoms with Crippen molar-refractivity contribution in [2.45, 2.75) is 30.8 Å². The van der Waals surface area contributed by atoms with E-state index in [2.05, 4.69) is 9.98 Å². The number of rotatable bonds is 6. The number of hydrogen-bond donors (Lipinski definition) is 2. The van der Waals surface area contributed by atoms with Crippen molar-refractivity contribution in [1.82, 2.24) is 5.06 Å². The zero-order chi connectivity index (χ0) is 16.2. The Kier molecular flexibility index (Phi) is 7.66. The summed E-state index contributed by atoms with van der Waals surface area (Å²) in [5.41, 5.74) is 10.8. The van der Waals surface area contributed by atoms with Crippen molar-refractivity contribution in [3.05, 3.63) is 29.3 Å². The van der Waals surface area contributed by atoms with Crippen LogP contribution >= 0.6 is 40.3 Å². The SMILES string of the molecule is Br.CC1(C)N=C(N)N=C(N)N1OCCCSc1cccc(Cl)c1. The molecule has 0 saturated carbocycles. The maximum atomic E-state index is 5.95. The highest BCUT2D eigenvalue weighted by molar-refractivity contribution is 8.93. The van der Waals surface area contributed by atoms with Crippen LogP contribution in [0.5, 0.6) is 0 Å². The number of thioether (sulfide) groups is 1. The summed E-state index contributed by atoms with van der Waals surface area (Å²) >= 11 is 7.68. The molecule has 0 unspecified atom stereocenters. The Morgan fingerprint density at radius 2 is 2.09 bits per heavy atom. The number of nitrogens with two attached hydrogens (primary N) is 2. The lowest BCUT2D eigenvalue weighted by Gasteiger charge is -2.36. The molecule has 1 heterocycles. The van der Waals surface area contributed by atoms with Crippen molar-refractivity contribution in [3.8, 4) is 0 Å². The summed E-state index contributed by atoms with van der Waals surface area (Å²) in [6.45, 7) is 4.24. The molecule has 1 aromatic rings. The van der Waals surface area contributed by atoms with E-state index in [1.165, 1.54) is 5.06 Å². The molecule has 0 bridgehead atoms. The molecule has 9 heteroatoms. The molecule has 1 aromatic carbocycles. The molecule has 2 rings (SSSR count). The molecule has 0 aromatic heterocycles. The van der Waals surface area contributed by atoms with E-state index in [0.29, 0.717) is 6.61 Å². The first-order chi connectivity index (χ1) is 10.4. The Labute approximate surface area is 156 Å². The van der Waals surface area contributed by atoms with E-state index in [4.69, 9.17) is 27.9 Å². The van der Waals surface area contributed by atoms with E-state index in [1.54, 1.807) is 11.8 Å². The minimum absolute atomic E-state index is 0. The highest BCUT2D eigenvalue weighted by Crippen LogP contribution is 2.23. The van der Waals surface area contributed by atoms with Crippen LogP contribution in [0.1, 0.15) is 20.3 Å². The van der Waals surface area contributed by atoms with Gasteiger partial charge in [-0.25, -0.2) is 4.99 Å². The monoisotopic (exact) mass is 421 g/mol. The van der Waals surface area contributed by atoms with Crippen LogP contribution in [-0.2, 0) is 4.84 Å². The first-order valence-electron chi connectivity index (χ1n) is 6.89. The number of halogens is 2. The Morgan fingerprint density at radius 3 is 2.74 bits per heavy atom. The average molecular weight is 423 g/mol. The minimum atomic E-state index is -0.657. The number of aliphatic imine (C=N–C) groups is 2. The van der Waals surface area contributed by atoms with Crippen LogP contribution in [0.3, 0.4) is 0 Å². The van der Waals surface area contributed by atoms with Gasteiger partial charge in [0.15, 0.2) is 5.66 Å². The zero-order valence-corrected chi connectivity index (χ0v) is 16.3. The number of benzene rings is 1. The smallest absolute Gasteiger partial charge is 0.226 e. The van der Waals surface area contributed by atoms with Gasteiger partial charge in [-0.3, -0.25) is 4.84 Å². The number of hydroxylamine groups is 2. The van der Waals surface area contributed by atoms with Crippen molar-refractivity contribution >= 4 is 52.3 Å². The summed E-state index contributed by atoms with van der Waals surface area (Å²) in [5.74, 6) is 1.30. The fourth-order valence-corrected chi connectivity index (χ4v) is 3.12. The average Bonchev–Trinajstić information content (AvgIpc) is 2.40. The molecule has 0 spiro atoms. The molecule has 0 amide bonds. The minimum Gasteiger partial charge on any atom is -0.368 e. The highest BCUT2D eigenvalue weighted by Gasteiger charge is 2.32. The van der Waals surface area contributed by atoms with Gasteiger partial charge in [0.2, 0.25) is 11.9 Å². The van der Waals surface area contributed by atoms with E-state index in [-0.39, 0.29) is 28.9 Å². The predicted molar refractivity (Wildman–Crippen MR) is 102 cm³/mol. The lowest BCUT2D eigenvalue weighted by Crippen LogP contribution is -2.53. The molecular weight excluding hydrogens is 402 g/mol. The molecule has 128 valence electrons. The fourth-order valence-electron chi connectivity index (χ4n) is 1.98. The quantitative estimate of drug-likeness (QED) is 0.543. The third-order valence-corrected chi connectivity index (χ3v) is 4.21. The summed E-state index contributed by atoms with van der Waals surface area (Å²) < 4.78 is 0. The molecule has 0 saturated heterocycles. The zero-order valence-electron chi connectivity index (χ0n) is 13.0. The molecular formula is C14H21BrClN5OS. The molecule has 0 atom stereocenters. The first-order valence-corrected chi connectivity index (χ1v) is 8.26. The van der Waals surface area contributed by atoms with E-state index < -0.39 is 5.66 Å². The second kappa shape index (κ2) is 8.77. The number of guanidine groups is 2. The van der Waals surface area contributed by atoms with E-state index in [0.717, 1.165) is 22.1 Å². The second-order valence-electron chi connectivity index (χ2n) is 5.22. The lowest BCUT2D eigenvalue weighted by molar-refractivity contribution is -0.156. The van der Waals surface area contributed by atoms with Crippen LogP contribution in [0.4, 0.5) is 0 Å². The Balaban J connectivity index is 0.00000264. The van der Waals surface area contributed by atoms with Gasteiger partial charge in [-0.1, -0.05) is 17.7 Å². The molecule has 1 aliphatic heterocycles. The van der Waals surface area contributed by atoms with Gasteiger partial charge in [-0.2, -0.15) is 10.1 Å². The number of hydrogen-bond acceptors (Lipinski definition) is 7. The van der Waals surface area contributed by atoms with Gasteiger partial charge in [-0.15, -0.1) is 28.7 Å². The van der Waals surface area contributed by atoms with Crippen LogP contribution < -0.4 is 11.5 Å². The second-order valence-corrected chi connectivity index (χ2v) is 6.83. The van der Waals surface area contributed by atoms with Crippen molar-refractivity contribution in [2.24, 2.45) is 21.5 Å². The summed E-state index contributed by atoms with van der Waals surface area (Å²) in [4.78, 5) is 15.0. The molecule has 1 aliphatic rings. The first kappa shape index (κ1) is 20.1. The molecule has 6 nitrogen and oxygen atoms in total. The van der Waals surface area contributed by atoms with Gasteiger partial charge in [-0.05, 0) is 38.5 Å². The lowest BCUT2D eigenvalue weighted by atomic mass is 10.2. The predicted octanol–water partition coefficient (Wildman–Crippen LogP) is 3.01. The van der Waals surface area contributed by atoms with Gasteiger partial charge in [0.25, 0.3) is 0 Å².